The van der Waals surface area contributed by atoms with Crippen LogP contribution in [0, 0.1) is 0 Å². The topological polar surface area (TPSA) is 102 Å². The Morgan fingerprint density at radius 3 is 2.45 bits per heavy atom. The smallest absolute Gasteiger partial charge is 0.410 e. The number of fused-ring (bicyclic) bond motifs is 2. The highest BCUT2D eigenvalue weighted by molar-refractivity contribution is 6.30. The summed E-state index contributed by atoms with van der Waals surface area (Å²) in [6.07, 6.45) is 6.04. The van der Waals surface area contributed by atoms with Crippen LogP contribution in [0.3, 0.4) is 0 Å². The van der Waals surface area contributed by atoms with Crippen LogP contribution in [0.1, 0.15) is 67.9 Å². The summed E-state index contributed by atoms with van der Waals surface area (Å²) in [5, 5.41) is 3.66. The van der Waals surface area contributed by atoms with E-state index in [4.69, 9.17) is 26.1 Å². The number of aromatic nitrogens is 3. The summed E-state index contributed by atoms with van der Waals surface area (Å²) >= 11 is 6.63. The van der Waals surface area contributed by atoms with Crippen LogP contribution in [-0.2, 0) is 16.5 Å². The molecule has 42 heavy (non-hydrogen) atoms. The second-order valence-corrected chi connectivity index (χ2v) is 11.6. The SMILES string of the molecule is CC(C)OC(=O)N[C@@H](C1=Cc2cccnc2[C@@H](N2CCN(C(=O)OC(C)C)CC2)c2ccc(Cl)cc21)c1cncn1C. The number of hydrogen-bond acceptors (Lipinski definition) is 7. The fourth-order valence-corrected chi connectivity index (χ4v) is 5.73. The molecular formula is C31H37ClN6O4. The van der Waals surface area contributed by atoms with Gasteiger partial charge in [0, 0.05) is 44.4 Å². The minimum atomic E-state index is -0.588. The molecule has 0 bridgehead atoms. The minimum absolute atomic E-state index is 0.173. The van der Waals surface area contributed by atoms with E-state index in [0.29, 0.717) is 31.2 Å². The van der Waals surface area contributed by atoms with Crippen molar-refractivity contribution in [3.8, 4) is 0 Å². The molecule has 2 atom stereocenters. The van der Waals surface area contributed by atoms with Crippen LogP contribution in [0.15, 0.2) is 49.1 Å². The van der Waals surface area contributed by atoms with E-state index in [1.165, 1.54) is 0 Å². The Morgan fingerprint density at radius 1 is 1.05 bits per heavy atom. The third-order valence-electron chi connectivity index (χ3n) is 7.40. The molecule has 1 aliphatic carbocycles. The van der Waals surface area contributed by atoms with Crippen molar-refractivity contribution < 1.29 is 19.1 Å². The molecule has 3 aromatic rings. The predicted molar refractivity (Wildman–Crippen MR) is 161 cm³/mol. The minimum Gasteiger partial charge on any atom is -0.447 e. The lowest BCUT2D eigenvalue weighted by molar-refractivity contribution is 0.0513. The first-order chi connectivity index (χ1) is 20.1. The number of nitrogens with zero attached hydrogens (tertiary/aromatic N) is 5. The molecule has 2 aromatic heterocycles. The van der Waals surface area contributed by atoms with Crippen molar-refractivity contribution in [3.63, 3.8) is 0 Å². The summed E-state index contributed by atoms with van der Waals surface area (Å²) < 4.78 is 12.8. The summed E-state index contributed by atoms with van der Waals surface area (Å²) in [6.45, 7) is 9.67. The number of nitrogens with one attached hydrogen (secondary N) is 1. The highest BCUT2D eigenvalue weighted by atomic mass is 35.5. The van der Waals surface area contributed by atoms with Crippen molar-refractivity contribution in [1.82, 2.24) is 29.7 Å². The van der Waals surface area contributed by atoms with Crippen molar-refractivity contribution in [3.05, 3.63) is 82.2 Å². The number of halogens is 1. The number of rotatable bonds is 6. The van der Waals surface area contributed by atoms with Crippen molar-refractivity contribution in [2.75, 3.05) is 26.2 Å². The summed E-state index contributed by atoms with van der Waals surface area (Å²) in [5.74, 6) is 0. The number of piperazine rings is 1. The molecule has 1 fully saturated rings. The van der Waals surface area contributed by atoms with Crippen LogP contribution in [0.25, 0.3) is 11.6 Å². The molecule has 2 amide bonds. The quantitative estimate of drug-likeness (QED) is 0.406. The lowest BCUT2D eigenvalue weighted by Gasteiger charge is -2.39. The van der Waals surface area contributed by atoms with Gasteiger partial charge >= 0.3 is 12.2 Å². The van der Waals surface area contributed by atoms with E-state index in [-0.39, 0.29) is 24.3 Å². The standard InChI is InChI=1S/C31H37ClN6O4/c1-19(2)41-30(39)35-28(26-17-33-18-36(26)5)25-15-21-7-6-10-34-27(21)29(23-9-8-22(32)16-24(23)25)37-11-13-38(14-12-37)31(40)42-20(3)4/h6-10,15-20,28-29H,11-14H2,1-5H3,(H,35,39)/t28-,29-/m0/s1. The highest BCUT2D eigenvalue weighted by Gasteiger charge is 2.36. The molecule has 1 N–H and O–H groups in total. The van der Waals surface area contributed by atoms with E-state index in [9.17, 15) is 9.59 Å². The summed E-state index contributed by atoms with van der Waals surface area (Å²) in [5.41, 5.74) is 5.35. The Labute approximate surface area is 251 Å². The summed E-state index contributed by atoms with van der Waals surface area (Å²) in [4.78, 5) is 38.9. The monoisotopic (exact) mass is 592 g/mol. The number of carbonyl (C=O) groups excluding carboxylic acids is 2. The molecule has 1 aliphatic heterocycles. The maximum Gasteiger partial charge on any atom is 0.410 e. The third-order valence-corrected chi connectivity index (χ3v) is 7.64. The number of alkyl carbamates (subject to hydrolysis) is 1. The van der Waals surface area contributed by atoms with Gasteiger partial charge in [-0.15, -0.1) is 0 Å². The van der Waals surface area contributed by atoms with E-state index >= 15 is 0 Å². The van der Waals surface area contributed by atoms with Gasteiger partial charge in [-0.1, -0.05) is 23.7 Å². The van der Waals surface area contributed by atoms with Crippen molar-refractivity contribution >= 4 is 35.4 Å². The maximum absolute atomic E-state index is 13.0. The van der Waals surface area contributed by atoms with Gasteiger partial charge in [-0.3, -0.25) is 9.88 Å². The predicted octanol–water partition coefficient (Wildman–Crippen LogP) is 5.45. The van der Waals surface area contributed by atoms with Gasteiger partial charge in [0.25, 0.3) is 0 Å². The molecule has 11 heteroatoms. The van der Waals surface area contributed by atoms with Gasteiger partial charge in [0.2, 0.25) is 0 Å². The van der Waals surface area contributed by atoms with Gasteiger partial charge in [-0.25, -0.2) is 14.6 Å². The van der Waals surface area contributed by atoms with Gasteiger partial charge in [-0.2, -0.15) is 0 Å². The second-order valence-electron chi connectivity index (χ2n) is 11.1. The van der Waals surface area contributed by atoms with Crippen LogP contribution in [0.4, 0.5) is 9.59 Å². The number of amides is 2. The van der Waals surface area contributed by atoms with Crippen LogP contribution in [0.5, 0.6) is 0 Å². The van der Waals surface area contributed by atoms with Crippen LogP contribution in [0.2, 0.25) is 5.02 Å². The molecule has 222 valence electrons. The zero-order valence-electron chi connectivity index (χ0n) is 24.6. The first-order valence-electron chi connectivity index (χ1n) is 14.2. The van der Waals surface area contributed by atoms with Gasteiger partial charge < -0.3 is 24.3 Å². The van der Waals surface area contributed by atoms with Crippen molar-refractivity contribution in [2.45, 2.75) is 52.0 Å². The lowest BCUT2D eigenvalue weighted by Crippen LogP contribution is -2.50. The molecule has 2 aliphatic rings. The highest BCUT2D eigenvalue weighted by Crippen LogP contribution is 2.44. The molecule has 0 saturated carbocycles. The Morgan fingerprint density at radius 2 is 1.79 bits per heavy atom. The maximum atomic E-state index is 13.0. The first kappa shape index (κ1) is 29.6. The van der Waals surface area contributed by atoms with Gasteiger partial charge in [0.1, 0.15) is 0 Å². The normalized spacial score (nSPS) is 17.7. The zero-order chi connectivity index (χ0) is 30.0. The van der Waals surface area contributed by atoms with Crippen LogP contribution in [-0.4, -0.2) is 74.9 Å². The van der Waals surface area contributed by atoms with E-state index in [0.717, 1.165) is 33.7 Å². The number of carbonyl (C=O) groups is 2. The summed E-state index contributed by atoms with van der Waals surface area (Å²) in [7, 11) is 1.89. The average molecular weight is 593 g/mol. The molecular weight excluding hydrogens is 556 g/mol. The number of imidazole rings is 1. The Balaban J connectivity index is 1.59. The molecule has 0 radical (unpaired) electrons. The summed E-state index contributed by atoms with van der Waals surface area (Å²) in [6, 6.07) is 9.01. The molecule has 3 heterocycles. The Kier molecular flexibility index (Phi) is 8.84. The molecule has 5 rings (SSSR count). The number of benzene rings is 1. The molecule has 10 nitrogen and oxygen atoms in total. The number of pyridine rings is 1. The fourth-order valence-electron chi connectivity index (χ4n) is 5.56. The van der Waals surface area contributed by atoms with E-state index in [1.54, 1.807) is 23.6 Å². The fraction of sp³-hybridized carbons (Fsp3) is 0.419. The largest absolute Gasteiger partial charge is 0.447 e. The first-order valence-corrected chi connectivity index (χ1v) is 14.6. The van der Waals surface area contributed by atoms with Crippen LogP contribution < -0.4 is 5.32 Å². The van der Waals surface area contributed by atoms with E-state index < -0.39 is 12.1 Å². The van der Waals surface area contributed by atoms with E-state index in [1.807, 2.05) is 69.6 Å². The van der Waals surface area contributed by atoms with Crippen molar-refractivity contribution in [2.24, 2.45) is 7.05 Å². The lowest BCUT2D eigenvalue weighted by atomic mass is 9.90. The Hall–Kier alpha value is -3.89. The van der Waals surface area contributed by atoms with Gasteiger partial charge in [0.15, 0.2) is 0 Å². The van der Waals surface area contributed by atoms with Crippen molar-refractivity contribution in [1.29, 1.82) is 0 Å². The Bertz CT molecular complexity index is 1480. The third kappa shape index (κ3) is 6.29. The molecule has 0 unspecified atom stereocenters. The van der Waals surface area contributed by atoms with Gasteiger partial charge in [-0.05, 0) is 74.2 Å². The zero-order valence-corrected chi connectivity index (χ0v) is 25.3. The van der Waals surface area contributed by atoms with Crippen LogP contribution >= 0.6 is 11.6 Å². The second kappa shape index (κ2) is 12.5. The molecule has 0 spiro atoms. The number of ether oxygens (including phenoxy) is 2. The van der Waals surface area contributed by atoms with E-state index in [2.05, 4.69) is 21.3 Å². The average Bonchev–Trinajstić information content (AvgIpc) is 3.31. The molecule has 1 aromatic carbocycles. The van der Waals surface area contributed by atoms with Gasteiger partial charge in [0.05, 0.1) is 48.2 Å². The number of aryl methyl sites for hydroxylation is 1. The molecule has 1 saturated heterocycles. The number of hydrogen-bond donors (Lipinski definition) is 1.